The molecule has 0 aliphatic heterocycles. The minimum absolute atomic E-state index is 0.261. The van der Waals surface area contributed by atoms with Crippen LogP contribution in [0.5, 0.6) is 0 Å². The predicted molar refractivity (Wildman–Crippen MR) is 108 cm³/mol. The lowest BCUT2D eigenvalue weighted by Gasteiger charge is -2.10. The summed E-state index contributed by atoms with van der Waals surface area (Å²) in [4.78, 5) is 0.261. The Morgan fingerprint density at radius 1 is 0.963 bits per heavy atom. The second kappa shape index (κ2) is 7.96. The molecule has 5 nitrogen and oxygen atoms in total. The van der Waals surface area contributed by atoms with Crippen LogP contribution in [0.3, 0.4) is 0 Å². The van der Waals surface area contributed by atoms with Crippen molar-refractivity contribution in [3.8, 4) is 0 Å². The molecule has 2 aromatic carbocycles. The molecule has 0 spiro atoms. The van der Waals surface area contributed by atoms with Gasteiger partial charge in [-0.05, 0) is 43.5 Å². The highest BCUT2D eigenvalue weighted by Crippen LogP contribution is 2.24. The van der Waals surface area contributed by atoms with E-state index in [0.717, 1.165) is 29.7 Å². The maximum absolute atomic E-state index is 12.8. The van der Waals surface area contributed by atoms with E-state index in [2.05, 4.69) is 16.7 Å². The Bertz CT molecular complexity index is 1010. The molecule has 1 heterocycles. The van der Waals surface area contributed by atoms with Crippen molar-refractivity contribution in [3.63, 3.8) is 0 Å². The normalized spacial score (nSPS) is 11.5. The molecule has 0 saturated heterocycles. The monoisotopic (exact) mass is 383 g/mol. The summed E-state index contributed by atoms with van der Waals surface area (Å²) in [5, 5.41) is 4.51. The average Bonchev–Trinajstić information content (AvgIpc) is 2.90. The minimum Gasteiger partial charge on any atom is -0.276 e. The van der Waals surface area contributed by atoms with E-state index in [9.17, 15) is 8.42 Å². The second-order valence-corrected chi connectivity index (χ2v) is 8.37. The van der Waals surface area contributed by atoms with E-state index >= 15 is 0 Å². The predicted octanol–water partition coefficient (Wildman–Crippen LogP) is 4.30. The molecule has 0 saturated carbocycles. The van der Waals surface area contributed by atoms with Crippen LogP contribution in [0.4, 0.5) is 5.69 Å². The van der Waals surface area contributed by atoms with Gasteiger partial charge in [0.1, 0.15) is 0 Å². The van der Waals surface area contributed by atoms with Gasteiger partial charge in [0.25, 0.3) is 10.0 Å². The Morgan fingerprint density at radius 2 is 1.63 bits per heavy atom. The van der Waals surface area contributed by atoms with Crippen LogP contribution in [0.1, 0.15) is 35.9 Å². The second-order valence-electron chi connectivity index (χ2n) is 6.69. The number of nitrogens with one attached hydrogen (secondary N) is 1. The Hall–Kier alpha value is -2.60. The fraction of sp³-hybridized carbons (Fsp3) is 0.286. The van der Waals surface area contributed by atoms with E-state index in [1.165, 1.54) is 0 Å². The van der Waals surface area contributed by atoms with Crippen LogP contribution in [0.2, 0.25) is 0 Å². The van der Waals surface area contributed by atoms with Crippen molar-refractivity contribution in [2.45, 2.75) is 45.1 Å². The Balaban J connectivity index is 1.84. The molecule has 0 aliphatic rings. The van der Waals surface area contributed by atoms with E-state index in [4.69, 9.17) is 0 Å². The first-order chi connectivity index (χ1) is 12.9. The van der Waals surface area contributed by atoms with Crippen molar-refractivity contribution in [2.24, 2.45) is 0 Å². The lowest BCUT2D eigenvalue weighted by Crippen LogP contribution is -2.14. The van der Waals surface area contributed by atoms with E-state index in [0.29, 0.717) is 17.9 Å². The van der Waals surface area contributed by atoms with E-state index < -0.39 is 10.0 Å². The summed E-state index contributed by atoms with van der Waals surface area (Å²) in [5.41, 5.74) is 4.25. The molecule has 0 amide bonds. The maximum atomic E-state index is 12.8. The molecule has 1 aromatic heterocycles. The van der Waals surface area contributed by atoms with Gasteiger partial charge in [-0.2, -0.15) is 5.10 Å². The van der Waals surface area contributed by atoms with Gasteiger partial charge in [0.2, 0.25) is 0 Å². The van der Waals surface area contributed by atoms with Crippen molar-refractivity contribution in [2.75, 3.05) is 4.72 Å². The van der Waals surface area contributed by atoms with Gasteiger partial charge in [-0.3, -0.25) is 9.40 Å². The van der Waals surface area contributed by atoms with Crippen LogP contribution >= 0.6 is 0 Å². The Morgan fingerprint density at radius 3 is 2.26 bits per heavy atom. The molecule has 1 N–H and O–H groups in total. The minimum atomic E-state index is -3.65. The third-order valence-electron chi connectivity index (χ3n) is 4.57. The maximum Gasteiger partial charge on any atom is 0.262 e. The van der Waals surface area contributed by atoms with Crippen LogP contribution in [0.15, 0.2) is 59.5 Å². The SMILES string of the molecule is CCCc1ccc(S(=O)(=O)Nc2c(C)nn(Cc3ccccc3)c2C)cc1. The summed E-state index contributed by atoms with van der Waals surface area (Å²) in [6.45, 7) is 6.40. The molecule has 3 aromatic rings. The molecule has 0 bridgehead atoms. The smallest absolute Gasteiger partial charge is 0.262 e. The number of nitrogens with zero attached hydrogens (tertiary/aromatic N) is 2. The highest BCUT2D eigenvalue weighted by molar-refractivity contribution is 7.92. The number of anilines is 1. The van der Waals surface area contributed by atoms with Crippen LogP contribution in [0.25, 0.3) is 0 Å². The molecule has 3 rings (SSSR count). The zero-order valence-corrected chi connectivity index (χ0v) is 16.8. The van der Waals surface area contributed by atoms with Crippen molar-refractivity contribution in [1.29, 1.82) is 0 Å². The molecule has 0 aliphatic carbocycles. The van der Waals surface area contributed by atoms with Gasteiger partial charge in [-0.1, -0.05) is 55.8 Å². The van der Waals surface area contributed by atoms with Crippen LogP contribution in [-0.4, -0.2) is 18.2 Å². The summed E-state index contributed by atoms with van der Waals surface area (Å²) in [6, 6.07) is 17.0. The zero-order chi connectivity index (χ0) is 19.4. The summed E-state index contributed by atoms with van der Waals surface area (Å²) < 4.78 is 30.1. The zero-order valence-electron chi connectivity index (χ0n) is 15.9. The van der Waals surface area contributed by atoms with Crippen LogP contribution in [-0.2, 0) is 23.0 Å². The Kier molecular flexibility index (Phi) is 5.65. The van der Waals surface area contributed by atoms with Gasteiger partial charge in [0, 0.05) is 0 Å². The molecular formula is C21H25N3O2S. The van der Waals surface area contributed by atoms with Crippen LogP contribution < -0.4 is 4.72 Å². The largest absolute Gasteiger partial charge is 0.276 e. The molecular weight excluding hydrogens is 358 g/mol. The van der Waals surface area contributed by atoms with Crippen molar-refractivity contribution >= 4 is 15.7 Å². The van der Waals surface area contributed by atoms with Gasteiger partial charge >= 0.3 is 0 Å². The molecule has 0 unspecified atom stereocenters. The summed E-state index contributed by atoms with van der Waals surface area (Å²) in [5.74, 6) is 0. The number of hydrogen-bond donors (Lipinski definition) is 1. The molecule has 27 heavy (non-hydrogen) atoms. The van der Waals surface area contributed by atoms with Crippen molar-refractivity contribution < 1.29 is 8.42 Å². The number of hydrogen-bond acceptors (Lipinski definition) is 3. The molecule has 0 fully saturated rings. The number of aryl methyl sites for hydroxylation is 2. The van der Waals surface area contributed by atoms with E-state index in [1.807, 2.05) is 61.0 Å². The van der Waals surface area contributed by atoms with Crippen molar-refractivity contribution in [3.05, 3.63) is 77.1 Å². The third kappa shape index (κ3) is 4.39. The first-order valence-corrected chi connectivity index (χ1v) is 10.6. The highest BCUT2D eigenvalue weighted by Gasteiger charge is 2.20. The number of rotatable bonds is 7. The molecule has 0 atom stereocenters. The first kappa shape index (κ1) is 19.2. The van der Waals surface area contributed by atoms with Crippen LogP contribution in [0, 0.1) is 13.8 Å². The molecule has 0 radical (unpaired) electrons. The molecule has 6 heteroatoms. The quantitative estimate of drug-likeness (QED) is 0.661. The fourth-order valence-corrected chi connectivity index (χ4v) is 4.25. The third-order valence-corrected chi connectivity index (χ3v) is 5.93. The lowest BCUT2D eigenvalue weighted by atomic mass is 10.1. The standard InChI is InChI=1S/C21H25N3O2S/c1-4-8-18-11-13-20(14-12-18)27(25,26)23-21-16(2)22-24(17(21)3)15-19-9-6-5-7-10-19/h5-7,9-14,23H,4,8,15H2,1-3H3. The number of aromatic nitrogens is 2. The van der Waals surface area contributed by atoms with Gasteiger partial charge in [-0.25, -0.2) is 8.42 Å². The fourth-order valence-electron chi connectivity index (χ4n) is 3.07. The van der Waals surface area contributed by atoms with Gasteiger partial charge in [0.05, 0.1) is 28.5 Å². The summed E-state index contributed by atoms with van der Waals surface area (Å²) in [7, 11) is -3.65. The van der Waals surface area contributed by atoms with Gasteiger partial charge < -0.3 is 0 Å². The topological polar surface area (TPSA) is 64.0 Å². The van der Waals surface area contributed by atoms with E-state index in [1.54, 1.807) is 12.1 Å². The van der Waals surface area contributed by atoms with Gasteiger partial charge in [0.15, 0.2) is 0 Å². The first-order valence-electron chi connectivity index (χ1n) is 9.10. The summed E-state index contributed by atoms with van der Waals surface area (Å²) >= 11 is 0. The van der Waals surface area contributed by atoms with E-state index in [-0.39, 0.29) is 4.90 Å². The average molecular weight is 384 g/mol. The summed E-state index contributed by atoms with van der Waals surface area (Å²) in [6.07, 6.45) is 1.97. The lowest BCUT2D eigenvalue weighted by molar-refractivity contribution is 0.601. The number of sulfonamides is 1. The number of benzene rings is 2. The van der Waals surface area contributed by atoms with Gasteiger partial charge in [-0.15, -0.1) is 0 Å². The van der Waals surface area contributed by atoms with Crippen molar-refractivity contribution in [1.82, 2.24) is 9.78 Å². The molecule has 142 valence electrons. The Labute approximate surface area is 161 Å². The highest BCUT2D eigenvalue weighted by atomic mass is 32.2.